The molecule has 0 bridgehead atoms. The molecule has 6 rings (SSSR count). The van der Waals surface area contributed by atoms with Crippen LogP contribution in [0.3, 0.4) is 0 Å². The number of carbonyl (C=O) groups excluding carboxylic acids is 2. The predicted molar refractivity (Wildman–Crippen MR) is 137 cm³/mol. The Kier molecular flexibility index (Phi) is 5.69. The number of amides is 2. The average molecular weight is 470 g/mol. The first-order valence-corrected chi connectivity index (χ1v) is 12.7. The van der Waals surface area contributed by atoms with E-state index >= 15 is 0 Å². The Morgan fingerprint density at radius 2 is 1.74 bits per heavy atom. The van der Waals surface area contributed by atoms with Gasteiger partial charge in [-0.15, -0.1) is 0 Å². The maximum Gasteiger partial charge on any atom is 0.251 e. The quantitative estimate of drug-likeness (QED) is 0.603. The molecule has 6 nitrogen and oxygen atoms in total. The molecule has 35 heavy (non-hydrogen) atoms. The first kappa shape index (κ1) is 22.1. The number of ether oxygens (including phenoxy) is 1. The van der Waals surface area contributed by atoms with E-state index in [1.54, 1.807) is 0 Å². The number of hydrogen-bond donors (Lipinski definition) is 1. The molecule has 3 aromatic rings. The maximum absolute atomic E-state index is 13.7. The number of nitrogens with two attached hydrogens (primary N) is 1. The van der Waals surface area contributed by atoms with Gasteiger partial charge in [0.15, 0.2) is 0 Å². The lowest BCUT2D eigenvalue weighted by Crippen LogP contribution is -2.41. The highest BCUT2D eigenvalue weighted by Gasteiger charge is 2.31. The van der Waals surface area contributed by atoms with Crippen LogP contribution in [0.4, 0.5) is 0 Å². The summed E-state index contributed by atoms with van der Waals surface area (Å²) in [6.45, 7) is 2.82. The van der Waals surface area contributed by atoms with Crippen LogP contribution in [0, 0.1) is 0 Å². The van der Waals surface area contributed by atoms with Gasteiger partial charge < -0.3 is 19.9 Å². The number of carbonyl (C=O) groups is 2. The number of benzene rings is 2. The van der Waals surface area contributed by atoms with Gasteiger partial charge >= 0.3 is 0 Å². The second-order valence-corrected chi connectivity index (χ2v) is 9.94. The minimum atomic E-state index is -0.434. The third-order valence-corrected chi connectivity index (χ3v) is 7.85. The number of fused-ring (bicyclic) bond motifs is 5. The molecule has 0 radical (unpaired) electrons. The molecule has 2 amide bonds. The van der Waals surface area contributed by atoms with Crippen LogP contribution in [0.1, 0.15) is 59.5 Å². The zero-order valence-electron chi connectivity index (χ0n) is 20.0. The molecule has 2 N–H and O–H groups in total. The van der Waals surface area contributed by atoms with E-state index < -0.39 is 5.91 Å². The first-order valence-electron chi connectivity index (χ1n) is 12.7. The Balaban J connectivity index is 1.59. The van der Waals surface area contributed by atoms with Crippen molar-refractivity contribution >= 4 is 28.8 Å². The van der Waals surface area contributed by atoms with Crippen molar-refractivity contribution in [2.45, 2.75) is 44.6 Å². The number of morpholine rings is 1. The van der Waals surface area contributed by atoms with Gasteiger partial charge in [0.05, 0.1) is 25.5 Å². The fraction of sp³-hybridized carbons (Fsp3) is 0.379. The van der Waals surface area contributed by atoms with Gasteiger partial charge in [-0.1, -0.05) is 49.6 Å². The Hall–Kier alpha value is -3.38. The van der Waals surface area contributed by atoms with Gasteiger partial charge in [-0.2, -0.15) is 0 Å². The predicted octanol–water partition coefficient (Wildman–Crippen LogP) is 4.71. The minimum Gasteiger partial charge on any atom is -0.378 e. The molecule has 3 aliphatic rings. The summed E-state index contributed by atoms with van der Waals surface area (Å²) in [5.41, 5.74) is 12.7. The highest BCUT2D eigenvalue weighted by molar-refractivity contribution is 6.04. The molecule has 1 aromatic heterocycles. The summed E-state index contributed by atoms with van der Waals surface area (Å²) < 4.78 is 7.74. The lowest BCUT2D eigenvalue weighted by molar-refractivity contribution is -0.131. The highest BCUT2D eigenvalue weighted by atomic mass is 16.5. The minimum absolute atomic E-state index is 0.0584. The summed E-state index contributed by atoms with van der Waals surface area (Å²) in [6.07, 6.45) is 8.15. The molecule has 180 valence electrons. The topological polar surface area (TPSA) is 77.6 Å². The normalized spacial score (nSPS) is 18.5. The maximum atomic E-state index is 13.7. The van der Waals surface area contributed by atoms with Gasteiger partial charge in [0.2, 0.25) is 5.91 Å². The number of hydrogen-bond acceptors (Lipinski definition) is 3. The van der Waals surface area contributed by atoms with E-state index in [0.29, 0.717) is 44.3 Å². The van der Waals surface area contributed by atoms with Gasteiger partial charge in [-0.3, -0.25) is 9.59 Å². The number of rotatable bonds is 3. The summed E-state index contributed by atoms with van der Waals surface area (Å²) in [6, 6.07) is 14.2. The van der Waals surface area contributed by atoms with Gasteiger partial charge in [0.25, 0.3) is 5.91 Å². The van der Waals surface area contributed by atoms with Crippen LogP contribution >= 0.6 is 0 Å². The summed E-state index contributed by atoms with van der Waals surface area (Å²) >= 11 is 0. The molecule has 0 atom stereocenters. The third kappa shape index (κ3) is 3.86. The number of primary amides is 1. The Labute approximate surface area is 205 Å². The molecule has 2 fully saturated rings. The SMILES string of the molecule is NC(=O)c1ccc2c(C3CCCCC3)c3n(c2c1)CC(C(=O)N1CCOCC1)=Cc1ccccc1-3. The van der Waals surface area contributed by atoms with Crippen molar-refractivity contribution in [3.05, 3.63) is 64.7 Å². The fourth-order valence-corrected chi connectivity index (χ4v) is 6.13. The Bertz CT molecular complexity index is 1340. The molecule has 2 aliphatic heterocycles. The summed E-state index contributed by atoms with van der Waals surface area (Å²) in [7, 11) is 0. The molecule has 3 heterocycles. The lowest BCUT2D eigenvalue weighted by Gasteiger charge is -2.28. The fourth-order valence-electron chi connectivity index (χ4n) is 6.13. The average Bonchev–Trinajstić information content (AvgIpc) is 3.11. The largest absolute Gasteiger partial charge is 0.378 e. The molecule has 2 aromatic carbocycles. The van der Waals surface area contributed by atoms with Gasteiger partial charge in [-0.25, -0.2) is 0 Å². The second-order valence-electron chi connectivity index (χ2n) is 9.94. The van der Waals surface area contributed by atoms with Gasteiger partial charge in [-0.05, 0) is 48.1 Å². The molecule has 6 heteroatoms. The van der Waals surface area contributed by atoms with Crippen molar-refractivity contribution in [1.29, 1.82) is 0 Å². The Morgan fingerprint density at radius 1 is 0.971 bits per heavy atom. The molecular formula is C29H31N3O3. The van der Waals surface area contributed by atoms with E-state index in [1.807, 2.05) is 23.1 Å². The number of aromatic nitrogens is 1. The van der Waals surface area contributed by atoms with Crippen molar-refractivity contribution in [2.24, 2.45) is 5.73 Å². The molecule has 1 saturated heterocycles. The summed E-state index contributed by atoms with van der Waals surface area (Å²) in [4.78, 5) is 27.6. The Morgan fingerprint density at radius 3 is 2.51 bits per heavy atom. The van der Waals surface area contributed by atoms with E-state index in [1.165, 1.54) is 48.7 Å². The smallest absolute Gasteiger partial charge is 0.251 e. The van der Waals surface area contributed by atoms with Gasteiger partial charge in [0, 0.05) is 40.7 Å². The second kappa shape index (κ2) is 9.00. The standard InChI is InChI=1S/C29H31N3O3/c30-28(33)21-10-11-24-25(17-21)32-18-22(29(34)31-12-14-35-15-13-31)16-20-8-4-5-9-23(20)27(32)26(24)19-6-2-1-3-7-19/h4-5,8-11,16-17,19H,1-3,6-7,12-15,18H2,(H2,30,33). The molecule has 0 spiro atoms. The van der Waals surface area contributed by atoms with Crippen LogP contribution < -0.4 is 5.73 Å². The third-order valence-electron chi connectivity index (χ3n) is 7.85. The molecular weight excluding hydrogens is 438 g/mol. The van der Waals surface area contributed by atoms with Crippen LogP contribution in [0.2, 0.25) is 0 Å². The van der Waals surface area contributed by atoms with E-state index in [9.17, 15) is 9.59 Å². The molecule has 1 saturated carbocycles. The zero-order chi connectivity index (χ0) is 23.9. The monoisotopic (exact) mass is 469 g/mol. The van der Waals surface area contributed by atoms with Crippen LogP contribution in [-0.2, 0) is 16.1 Å². The molecule has 0 unspecified atom stereocenters. The first-order chi connectivity index (χ1) is 17.1. The zero-order valence-corrected chi connectivity index (χ0v) is 20.0. The van der Waals surface area contributed by atoms with Crippen molar-refractivity contribution in [1.82, 2.24) is 9.47 Å². The van der Waals surface area contributed by atoms with Crippen molar-refractivity contribution < 1.29 is 14.3 Å². The van der Waals surface area contributed by atoms with E-state index in [2.05, 4.69) is 34.9 Å². The van der Waals surface area contributed by atoms with Crippen LogP contribution in [-0.4, -0.2) is 47.6 Å². The van der Waals surface area contributed by atoms with Gasteiger partial charge in [0.1, 0.15) is 0 Å². The van der Waals surface area contributed by atoms with Crippen LogP contribution in [0.5, 0.6) is 0 Å². The lowest BCUT2D eigenvalue weighted by atomic mass is 9.81. The van der Waals surface area contributed by atoms with Crippen molar-refractivity contribution in [3.8, 4) is 11.3 Å². The van der Waals surface area contributed by atoms with E-state index in [0.717, 1.165) is 22.2 Å². The van der Waals surface area contributed by atoms with E-state index in [-0.39, 0.29) is 5.91 Å². The van der Waals surface area contributed by atoms with E-state index in [4.69, 9.17) is 10.5 Å². The van der Waals surface area contributed by atoms with Crippen LogP contribution in [0.15, 0.2) is 48.0 Å². The molecule has 1 aliphatic carbocycles. The number of nitrogens with zero attached hydrogens (tertiary/aromatic N) is 2. The van der Waals surface area contributed by atoms with Crippen LogP contribution in [0.25, 0.3) is 28.2 Å². The van der Waals surface area contributed by atoms with Crippen molar-refractivity contribution in [2.75, 3.05) is 26.3 Å². The summed E-state index contributed by atoms with van der Waals surface area (Å²) in [5.74, 6) is 0.0883. The summed E-state index contributed by atoms with van der Waals surface area (Å²) in [5, 5.41) is 1.17. The van der Waals surface area contributed by atoms with Crippen molar-refractivity contribution in [3.63, 3.8) is 0 Å². The highest BCUT2D eigenvalue weighted by Crippen LogP contribution is 2.46.